The molecular formula is C12H22ClN3O4S. The monoisotopic (exact) mass is 339 g/mol. The first-order chi connectivity index (χ1) is 10.1. The summed E-state index contributed by atoms with van der Waals surface area (Å²) in [4.78, 5) is 0.168. The Morgan fingerprint density at radius 3 is 2.62 bits per heavy atom. The van der Waals surface area contributed by atoms with Gasteiger partial charge in [0.1, 0.15) is 4.90 Å². The summed E-state index contributed by atoms with van der Waals surface area (Å²) < 4.78 is 38.0. The van der Waals surface area contributed by atoms with Crippen LogP contribution in [0.25, 0.3) is 0 Å². The van der Waals surface area contributed by atoms with E-state index < -0.39 is 10.0 Å². The minimum Gasteiger partial charge on any atom is -0.385 e. The summed E-state index contributed by atoms with van der Waals surface area (Å²) >= 11 is 5.62. The van der Waals surface area contributed by atoms with E-state index in [9.17, 15) is 8.42 Å². The average Bonchev–Trinajstić information content (AvgIpc) is 2.92. The number of aromatic nitrogens is 2. The van der Waals surface area contributed by atoms with Crippen LogP contribution in [-0.2, 0) is 26.0 Å². The van der Waals surface area contributed by atoms with Crippen molar-refractivity contribution < 1.29 is 17.9 Å². The summed E-state index contributed by atoms with van der Waals surface area (Å²) in [5, 5.41) is 4.00. The standard InChI is InChI=1S/C12H22ClN3O4S/c1-19-8-3-5-16(7-9-20-2)21(17,18)12-10-14-15(11-12)6-4-13/h10-11H,3-9H2,1-2H3. The summed E-state index contributed by atoms with van der Waals surface area (Å²) in [6.07, 6.45) is 3.46. The first kappa shape index (κ1) is 18.4. The Morgan fingerprint density at radius 2 is 2.00 bits per heavy atom. The van der Waals surface area contributed by atoms with E-state index in [2.05, 4.69) is 5.10 Å². The predicted molar refractivity (Wildman–Crippen MR) is 80.1 cm³/mol. The van der Waals surface area contributed by atoms with Crippen LogP contribution in [0.15, 0.2) is 17.3 Å². The Bertz CT molecular complexity index is 506. The molecule has 9 heteroatoms. The van der Waals surface area contributed by atoms with E-state index in [-0.39, 0.29) is 4.90 Å². The molecule has 0 amide bonds. The molecule has 7 nitrogen and oxygen atoms in total. The van der Waals surface area contributed by atoms with Crippen molar-refractivity contribution in [3.8, 4) is 0 Å². The van der Waals surface area contributed by atoms with E-state index in [0.29, 0.717) is 45.1 Å². The fourth-order valence-corrected chi connectivity index (χ4v) is 3.36. The van der Waals surface area contributed by atoms with Crippen molar-refractivity contribution in [1.29, 1.82) is 0 Å². The first-order valence-electron chi connectivity index (χ1n) is 6.62. The van der Waals surface area contributed by atoms with Gasteiger partial charge in [-0.2, -0.15) is 9.40 Å². The number of aryl methyl sites for hydroxylation is 1. The number of ether oxygens (including phenoxy) is 2. The number of rotatable bonds is 11. The molecule has 0 bridgehead atoms. The smallest absolute Gasteiger partial charge is 0.246 e. The predicted octanol–water partition coefficient (Wildman–Crippen LogP) is 0.795. The van der Waals surface area contributed by atoms with Crippen molar-refractivity contribution in [2.75, 3.05) is 46.4 Å². The van der Waals surface area contributed by atoms with Gasteiger partial charge in [-0.3, -0.25) is 4.68 Å². The highest BCUT2D eigenvalue weighted by Gasteiger charge is 2.25. The zero-order valence-corrected chi connectivity index (χ0v) is 13.9. The molecule has 1 rings (SSSR count). The van der Waals surface area contributed by atoms with Crippen LogP contribution >= 0.6 is 11.6 Å². The molecule has 0 aliphatic heterocycles. The van der Waals surface area contributed by atoms with Crippen LogP contribution in [0.3, 0.4) is 0 Å². The normalized spacial score (nSPS) is 12.2. The van der Waals surface area contributed by atoms with Crippen LogP contribution in [0.2, 0.25) is 0 Å². The highest BCUT2D eigenvalue weighted by molar-refractivity contribution is 7.89. The lowest BCUT2D eigenvalue weighted by atomic mass is 10.4. The molecular weight excluding hydrogens is 318 g/mol. The molecule has 0 atom stereocenters. The quantitative estimate of drug-likeness (QED) is 0.440. The largest absolute Gasteiger partial charge is 0.385 e. The van der Waals surface area contributed by atoms with Crippen molar-refractivity contribution in [3.05, 3.63) is 12.4 Å². The van der Waals surface area contributed by atoms with Gasteiger partial charge in [0, 0.05) is 46.0 Å². The number of nitrogens with zero attached hydrogens (tertiary/aromatic N) is 3. The van der Waals surface area contributed by atoms with Crippen molar-refractivity contribution in [2.45, 2.75) is 17.9 Å². The summed E-state index contributed by atoms with van der Waals surface area (Å²) in [5.41, 5.74) is 0. The number of halogens is 1. The van der Waals surface area contributed by atoms with Crippen molar-refractivity contribution >= 4 is 21.6 Å². The fourth-order valence-electron chi connectivity index (χ4n) is 1.77. The Labute approximate surface area is 130 Å². The minimum absolute atomic E-state index is 0.168. The molecule has 0 aliphatic carbocycles. The van der Waals surface area contributed by atoms with Gasteiger partial charge < -0.3 is 9.47 Å². The van der Waals surface area contributed by atoms with Gasteiger partial charge in [0.15, 0.2) is 0 Å². The molecule has 122 valence electrons. The van der Waals surface area contributed by atoms with Crippen LogP contribution in [0.4, 0.5) is 0 Å². The van der Waals surface area contributed by atoms with Crippen molar-refractivity contribution in [1.82, 2.24) is 14.1 Å². The lowest BCUT2D eigenvalue weighted by Crippen LogP contribution is -2.35. The summed E-state index contributed by atoms with van der Waals surface area (Å²) in [7, 11) is -0.452. The zero-order chi connectivity index (χ0) is 15.7. The number of alkyl halides is 1. The molecule has 0 saturated carbocycles. The Morgan fingerprint density at radius 1 is 1.29 bits per heavy atom. The maximum Gasteiger partial charge on any atom is 0.246 e. The molecule has 1 aromatic rings. The van der Waals surface area contributed by atoms with E-state index in [1.54, 1.807) is 14.2 Å². The number of hydrogen-bond acceptors (Lipinski definition) is 5. The van der Waals surface area contributed by atoms with Crippen LogP contribution < -0.4 is 0 Å². The molecule has 0 radical (unpaired) electrons. The summed E-state index contributed by atoms with van der Waals surface area (Å²) in [6.45, 7) is 1.98. The van der Waals surface area contributed by atoms with Gasteiger partial charge in [-0.1, -0.05) is 0 Å². The van der Waals surface area contributed by atoms with Gasteiger partial charge in [0.2, 0.25) is 10.0 Å². The number of sulfonamides is 1. The molecule has 0 aromatic carbocycles. The Hall–Kier alpha value is -0.670. The highest BCUT2D eigenvalue weighted by Crippen LogP contribution is 2.15. The number of hydrogen-bond donors (Lipinski definition) is 0. The van der Waals surface area contributed by atoms with Crippen LogP contribution in [0.1, 0.15) is 6.42 Å². The van der Waals surface area contributed by atoms with E-state index in [1.165, 1.54) is 21.4 Å². The van der Waals surface area contributed by atoms with E-state index in [1.807, 2.05) is 0 Å². The van der Waals surface area contributed by atoms with Crippen molar-refractivity contribution in [3.63, 3.8) is 0 Å². The molecule has 0 fully saturated rings. The SMILES string of the molecule is COCCCN(CCOC)S(=O)(=O)c1cnn(CCCl)c1. The summed E-state index contributed by atoms with van der Waals surface area (Å²) in [6, 6.07) is 0. The molecule has 0 N–H and O–H groups in total. The number of methoxy groups -OCH3 is 2. The van der Waals surface area contributed by atoms with Crippen LogP contribution in [0.5, 0.6) is 0 Å². The van der Waals surface area contributed by atoms with E-state index in [0.717, 1.165) is 0 Å². The Kier molecular flexibility index (Phi) is 8.20. The zero-order valence-electron chi connectivity index (χ0n) is 12.4. The third-order valence-corrected chi connectivity index (χ3v) is 4.88. The molecule has 21 heavy (non-hydrogen) atoms. The minimum atomic E-state index is -3.58. The molecule has 0 unspecified atom stereocenters. The maximum atomic E-state index is 12.6. The van der Waals surface area contributed by atoms with Gasteiger partial charge in [-0.25, -0.2) is 8.42 Å². The third kappa shape index (κ3) is 5.55. The van der Waals surface area contributed by atoms with Gasteiger partial charge in [-0.05, 0) is 6.42 Å². The maximum absolute atomic E-state index is 12.6. The first-order valence-corrected chi connectivity index (χ1v) is 8.60. The molecule has 1 aromatic heterocycles. The third-order valence-electron chi connectivity index (χ3n) is 2.86. The second kappa shape index (κ2) is 9.37. The molecule has 0 saturated heterocycles. The van der Waals surface area contributed by atoms with Crippen LogP contribution in [0, 0.1) is 0 Å². The second-order valence-electron chi connectivity index (χ2n) is 4.37. The summed E-state index contributed by atoms with van der Waals surface area (Å²) in [5.74, 6) is 0.377. The molecule has 0 aliphatic rings. The Balaban J connectivity index is 2.84. The second-order valence-corrected chi connectivity index (χ2v) is 6.69. The van der Waals surface area contributed by atoms with Gasteiger partial charge in [-0.15, -0.1) is 11.6 Å². The highest BCUT2D eigenvalue weighted by atomic mass is 35.5. The lowest BCUT2D eigenvalue weighted by molar-refractivity contribution is 0.164. The lowest BCUT2D eigenvalue weighted by Gasteiger charge is -2.20. The molecule has 1 heterocycles. The molecule has 0 spiro atoms. The average molecular weight is 340 g/mol. The van der Waals surface area contributed by atoms with E-state index in [4.69, 9.17) is 21.1 Å². The van der Waals surface area contributed by atoms with Gasteiger partial charge in [0.05, 0.1) is 19.3 Å². The van der Waals surface area contributed by atoms with Crippen molar-refractivity contribution in [2.24, 2.45) is 0 Å². The van der Waals surface area contributed by atoms with E-state index >= 15 is 0 Å². The fraction of sp³-hybridized carbons (Fsp3) is 0.750. The topological polar surface area (TPSA) is 73.7 Å². The van der Waals surface area contributed by atoms with Crippen LogP contribution in [-0.4, -0.2) is 68.9 Å². The van der Waals surface area contributed by atoms with Gasteiger partial charge in [0.25, 0.3) is 0 Å². The van der Waals surface area contributed by atoms with Gasteiger partial charge >= 0.3 is 0 Å².